The second-order valence-corrected chi connectivity index (χ2v) is 5.42. The van der Waals surface area contributed by atoms with Crippen molar-refractivity contribution in [2.75, 3.05) is 10.7 Å². The highest BCUT2D eigenvalue weighted by atomic mass is 32.2. The highest BCUT2D eigenvalue weighted by Crippen LogP contribution is 2.40. The highest BCUT2D eigenvalue weighted by molar-refractivity contribution is 8.00. The van der Waals surface area contributed by atoms with E-state index in [1.165, 1.54) is 0 Å². The van der Waals surface area contributed by atoms with Crippen molar-refractivity contribution in [3.05, 3.63) is 54.0 Å². The third-order valence-corrected chi connectivity index (χ3v) is 4.17. The first-order chi connectivity index (χ1) is 9.25. The molecule has 3 heterocycles. The molecule has 1 unspecified atom stereocenters. The lowest BCUT2D eigenvalue weighted by atomic mass is 10.2. The number of nitrogens with zero attached hydrogens (tertiary/aromatic N) is 3. The molecule has 4 nitrogen and oxygen atoms in total. The van der Waals surface area contributed by atoms with Crippen molar-refractivity contribution in [3.8, 4) is 0 Å². The molecule has 1 fully saturated rings. The Hall–Kier alpha value is -1.88. The molecule has 5 heteroatoms. The summed E-state index contributed by atoms with van der Waals surface area (Å²) < 4.78 is 0. The Labute approximate surface area is 115 Å². The van der Waals surface area contributed by atoms with Crippen LogP contribution in [0.15, 0.2) is 42.7 Å². The maximum absolute atomic E-state index is 12.1. The Morgan fingerprint density at radius 3 is 2.95 bits per heavy atom. The molecule has 0 aliphatic carbocycles. The molecule has 0 radical (unpaired) electrons. The van der Waals surface area contributed by atoms with E-state index >= 15 is 0 Å². The van der Waals surface area contributed by atoms with Crippen molar-refractivity contribution in [2.24, 2.45) is 0 Å². The second kappa shape index (κ2) is 5.01. The molecule has 1 aliphatic rings. The number of carbonyl (C=O) groups excluding carboxylic acids is 1. The van der Waals surface area contributed by atoms with Gasteiger partial charge in [0.2, 0.25) is 5.91 Å². The van der Waals surface area contributed by atoms with Crippen LogP contribution in [-0.2, 0) is 4.79 Å². The minimum Gasteiger partial charge on any atom is -0.279 e. The average molecular weight is 271 g/mol. The highest BCUT2D eigenvalue weighted by Gasteiger charge is 2.34. The van der Waals surface area contributed by atoms with Gasteiger partial charge in [-0.25, -0.2) is 4.98 Å². The summed E-state index contributed by atoms with van der Waals surface area (Å²) in [6, 6.07) is 9.61. The number of hydrogen-bond acceptors (Lipinski definition) is 4. The fraction of sp³-hybridized carbons (Fsp3) is 0.214. The Bertz CT molecular complexity index is 603. The van der Waals surface area contributed by atoms with Crippen LogP contribution < -0.4 is 4.90 Å². The van der Waals surface area contributed by atoms with Crippen LogP contribution in [-0.4, -0.2) is 21.6 Å². The number of thioether (sulfide) groups is 1. The first-order valence-electron chi connectivity index (χ1n) is 6.03. The van der Waals surface area contributed by atoms with Crippen molar-refractivity contribution in [1.82, 2.24) is 9.97 Å². The van der Waals surface area contributed by atoms with E-state index in [0.29, 0.717) is 11.6 Å². The molecule has 2 aromatic heterocycles. The Balaban J connectivity index is 2.00. The number of aryl methyl sites for hydroxylation is 1. The summed E-state index contributed by atoms with van der Waals surface area (Å²) >= 11 is 1.61. The summed E-state index contributed by atoms with van der Waals surface area (Å²) in [5.74, 6) is 1.29. The van der Waals surface area contributed by atoms with Crippen molar-refractivity contribution in [1.29, 1.82) is 0 Å². The largest absolute Gasteiger partial charge is 0.279 e. The summed E-state index contributed by atoms with van der Waals surface area (Å²) in [7, 11) is 0. The third kappa shape index (κ3) is 2.33. The van der Waals surface area contributed by atoms with Crippen molar-refractivity contribution >= 4 is 23.5 Å². The maximum Gasteiger partial charge on any atom is 0.239 e. The molecule has 0 bridgehead atoms. The molecule has 19 heavy (non-hydrogen) atoms. The molecule has 0 N–H and O–H groups in total. The SMILES string of the molecule is Cc1cccc(N2C(=O)CSC2c2cccnc2)n1. The molecule has 0 aromatic carbocycles. The zero-order valence-electron chi connectivity index (χ0n) is 10.5. The van der Waals surface area contributed by atoms with Crippen LogP contribution in [0.2, 0.25) is 0 Å². The first kappa shape index (κ1) is 12.2. The number of aromatic nitrogens is 2. The third-order valence-electron chi connectivity index (χ3n) is 2.96. The maximum atomic E-state index is 12.1. The standard InChI is InChI=1S/C14H13N3OS/c1-10-4-2-6-12(16-10)17-13(18)9-19-14(17)11-5-3-7-15-8-11/h2-8,14H,9H2,1H3. The Morgan fingerprint density at radius 2 is 2.21 bits per heavy atom. The summed E-state index contributed by atoms with van der Waals surface area (Å²) in [5, 5.41) is -0.0319. The molecule has 1 saturated heterocycles. The van der Waals surface area contributed by atoms with Gasteiger partial charge >= 0.3 is 0 Å². The van der Waals surface area contributed by atoms with Crippen LogP contribution >= 0.6 is 11.8 Å². The topological polar surface area (TPSA) is 46.1 Å². The summed E-state index contributed by atoms with van der Waals surface area (Å²) in [6.07, 6.45) is 3.54. The van der Waals surface area contributed by atoms with Gasteiger partial charge in [0.05, 0.1) is 5.75 Å². The Kier molecular flexibility index (Phi) is 3.21. The minimum absolute atomic E-state index is 0.0319. The van der Waals surface area contributed by atoms with E-state index in [9.17, 15) is 4.79 Å². The quantitative estimate of drug-likeness (QED) is 0.842. The van der Waals surface area contributed by atoms with Gasteiger partial charge in [0.25, 0.3) is 0 Å². The van der Waals surface area contributed by atoms with Crippen molar-refractivity contribution < 1.29 is 4.79 Å². The molecule has 1 atom stereocenters. The molecular weight excluding hydrogens is 258 g/mol. The van der Waals surface area contributed by atoms with Gasteiger partial charge in [0, 0.05) is 23.7 Å². The van der Waals surface area contributed by atoms with Crippen LogP contribution in [0.4, 0.5) is 5.82 Å². The van der Waals surface area contributed by atoms with E-state index < -0.39 is 0 Å². The average Bonchev–Trinajstić information content (AvgIpc) is 2.82. The minimum atomic E-state index is -0.0319. The number of anilines is 1. The van der Waals surface area contributed by atoms with Gasteiger partial charge in [0.15, 0.2) is 0 Å². The normalized spacial score (nSPS) is 18.9. The smallest absolute Gasteiger partial charge is 0.239 e. The van der Waals surface area contributed by atoms with Gasteiger partial charge in [-0.05, 0) is 25.1 Å². The van der Waals surface area contributed by atoms with Gasteiger partial charge in [-0.3, -0.25) is 14.7 Å². The van der Waals surface area contributed by atoms with E-state index in [2.05, 4.69) is 9.97 Å². The fourth-order valence-electron chi connectivity index (χ4n) is 2.10. The van der Waals surface area contributed by atoms with Gasteiger partial charge in [-0.2, -0.15) is 0 Å². The zero-order chi connectivity index (χ0) is 13.2. The number of rotatable bonds is 2. The summed E-state index contributed by atoms with van der Waals surface area (Å²) in [5.41, 5.74) is 1.94. The van der Waals surface area contributed by atoms with Crippen LogP contribution in [0.1, 0.15) is 16.6 Å². The van der Waals surface area contributed by atoms with Crippen LogP contribution in [0, 0.1) is 6.92 Å². The van der Waals surface area contributed by atoms with Crippen LogP contribution in [0.5, 0.6) is 0 Å². The molecule has 96 valence electrons. The fourth-order valence-corrected chi connectivity index (χ4v) is 3.25. The molecule has 0 saturated carbocycles. The molecule has 3 rings (SSSR count). The predicted octanol–water partition coefficient (Wildman–Crippen LogP) is 2.56. The monoisotopic (exact) mass is 271 g/mol. The lowest BCUT2D eigenvalue weighted by Gasteiger charge is -2.23. The van der Waals surface area contributed by atoms with Crippen molar-refractivity contribution in [3.63, 3.8) is 0 Å². The van der Waals surface area contributed by atoms with Gasteiger partial charge < -0.3 is 0 Å². The second-order valence-electron chi connectivity index (χ2n) is 4.35. The lowest BCUT2D eigenvalue weighted by Crippen LogP contribution is -2.28. The molecule has 2 aromatic rings. The van der Waals surface area contributed by atoms with E-state index in [1.807, 2.05) is 37.3 Å². The van der Waals surface area contributed by atoms with Crippen LogP contribution in [0.25, 0.3) is 0 Å². The van der Waals surface area contributed by atoms with E-state index in [4.69, 9.17) is 0 Å². The summed E-state index contributed by atoms with van der Waals surface area (Å²) in [4.78, 5) is 22.5. The van der Waals surface area contributed by atoms with Gasteiger partial charge in [-0.1, -0.05) is 12.1 Å². The number of carbonyl (C=O) groups is 1. The zero-order valence-corrected chi connectivity index (χ0v) is 11.3. The molecule has 1 amide bonds. The number of hydrogen-bond donors (Lipinski definition) is 0. The van der Waals surface area contributed by atoms with E-state index in [1.54, 1.807) is 29.1 Å². The molecular formula is C14H13N3OS. The van der Waals surface area contributed by atoms with Crippen molar-refractivity contribution in [2.45, 2.75) is 12.3 Å². The number of pyridine rings is 2. The predicted molar refractivity (Wildman–Crippen MR) is 75.9 cm³/mol. The first-order valence-corrected chi connectivity index (χ1v) is 7.08. The number of amides is 1. The molecule has 0 spiro atoms. The van der Waals surface area contributed by atoms with Crippen LogP contribution in [0.3, 0.4) is 0 Å². The molecule has 1 aliphatic heterocycles. The van der Waals surface area contributed by atoms with Gasteiger partial charge in [-0.15, -0.1) is 11.8 Å². The van der Waals surface area contributed by atoms with Gasteiger partial charge in [0.1, 0.15) is 11.2 Å². The Morgan fingerprint density at radius 1 is 1.32 bits per heavy atom. The lowest BCUT2D eigenvalue weighted by molar-refractivity contribution is -0.115. The summed E-state index contributed by atoms with van der Waals surface area (Å²) in [6.45, 7) is 1.93. The van der Waals surface area contributed by atoms with E-state index in [-0.39, 0.29) is 11.3 Å². The van der Waals surface area contributed by atoms with E-state index in [0.717, 1.165) is 11.3 Å².